The van der Waals surface area contributed by atoms with E-state index in [0.717, 1.165) is 0 Å². The first kappa shape index (κ1) is 27.5. The van der Waals surface area contributed by atoms with Crippen LogP contribution in [0.4, 0.5) is 14.4 Å². The number of ether oxygens (including phenoxy) is 5. The molecule has 0 aliphatic rings. The summed E-state index contributed by atoms with van der Waals surface area (Å²) >= 11 is 0. The zero-order valence-electron chi connectivity index (χ0n) is 19.8. The lowest BCUT2D eigenvalue weighted by Crippen LogP contribution is -2.44. The van der Waals surface area contributed by atoms with Gasteiger partial charge in [0.2, 0.25) is 0 Å². The van der Waals surface area contributed by atoms with Gasteiger partial charge in [-0.3, -0.25) is 0 Å². The van der Waals surface area contributed by atoms with Gasteiger partial charge in [0.15, 0.2) is 11.5 Å². The minimum atomic E-state index is -1.34. The molecule has 0 spiro atoms. The average molecular weight is 469 g/mol. The number of alkyl carbamates (subject to hydrolysis) is 1. The third-order valence-electron chi connectivity index (χ3n) is 3.49. The van der Waals surface area contributed by atoms with Gasteiger partial charge in [0.25, 0.3) is 0 Å². The highest BCUT2D eigenvalue weighted by atomic mass is 16.7. The Morgan fingerprint density at radius 1 is 0.909 bits per heavy atom. The van der Waals surface area contributed by atoms with Gasteiger partial charge in [-0.25, -0.2) is 19.2 Å². The highest BCUT2D eigenvalue weighted by Crippen LogP contribution is 2.30. The molecular formula is C22H31NO10. The fraction of sp³-hybridized carbons (Fsp3) is 0.545. The average Bonchev–Trinajstić information content (AvgIpc) is 2.60. The molecule has 0 unspecified atom stereocenters. The molecule has 1 atom stereocenters. The monoisotopic (exact) mass is 469 g/mol. The Morgan fingerprint density at radius 2 is 1.42 bits per heavy atom. The topological polar surface area (TPSA) is 147 Å². The maximum atomic E-state index is 12.0. The Balaban J connectivity index is 3.12. The highest BCUT2D eigenvalue weighted by Gasteiger charge is 2.25. The van der Waals surface area contributed by atoms with Crippen LogP contribution in [-0.4, -0.2) is 53.3 Å². The summed E-state index contributed by atoms with van der Waals surface area (Å²) in [5.41, 5.74) is -0.454. The van der Waals surface area contributed by atoms with Crippen molar-refractivity contribution >= 4 is 24.4 Å². The van der Waals surface area contributed by atoms with Gasteiger partial charge < -0.3 is 34.1 Å². The molecule has 0 saturated heterocycles. The lowest BCUT2D eigenvalue weighted by molar-refractivity contribution is -0.139. The van der Waals surface area contributed by atoms with Gasteiger partial charge in [0.1, 0.15) is 11.6 Å². The van der Waals surface area contributed by atoms with Crippen LogP contribution in [0, 0.1) is 0 Å². The number of amides is 1. The van der Waals surface area contributed by atoms with Gasteiger partial charge >= 0.3 is 24.4 Å². The van der Waals surface area contributed by atoms with Crippen LogP contribution < -0.4 is 14.8 Å². The Hall–Kier alpha value is -3.50. The molecule has 1 rings (SSSR count). The number of benzene rings is 1. The predicted molar refractivity (Wildman–Crippen MR) is 115 cm³/mol. The van der Waals surface area contributed by atoms with Crippen LogP contribution in [0.15, 0.2) is 18.2 Å². The third kappa shape index (κ3) is 11.1. The van der Waals surface area contributed by atoms with E-state index in [2.05, 4.69) is 5.32 Å². The molecule has 33 heavy (non-hydrogen) atoms. The zero-order chi connectivity index (χ0) is 25.3. The van der Waals surface area contributed by atoms with E-state index in [1.165, 1.54) is 18.2 Å². The Labute approximate surface area is 192 Å². The second-order valence-electron chi connectivity index (χ2n) is 8.56. The normalized spacial score (nSPS) is 12.0. The number of carbonyl (C=O) groups is 4. The fourth-order valence-electron chi connectivity index (χ4n) is 2.34. The van der Waals surface area contributed by atoms with Crippen LogP contribution in [0.5, 0.6) is 11.5 Å². The minimum absolute atomic E-state index is 0.142. The van der Waals surface area contributed by atoms with E-state index >= 15 is 0 Å². The molecule has 1 amide bonds. The molecule has 0 aliphatic heterocycles. The standard InChI is InChI=1S/C22H31NO10/c1-12(2)29-20(27)31-16-9-8-14(11-17(16)32-21(28)30-13(3)4)10-15(18(24)25)23-19(26)33-22(5,6)7/h8-9,11-13,15H,10H2,1-7H3,(H,23,26)(H,24,25)/t15-/m0/s1. The van der Waals surface area contributed by atoms with Crippen LogP contribution in [0.2, 0.25) is 0 Å². The molecule has 0 fully saturated rings. The smallest absolute Gasteiger partial charge is 0.480 e. The first-order valence-corrected chi connectivity index (χ1v) is 10.3. The van der Waals surface area contributed by atoms with Crippen LogP contribution in [0.1, 0.15) is 54.0 Å². The number of carboxylic acid groups (broad SMARTS) is 1. The third-order valence-corrected chi connectivity index (χ3v) is 3.49. The van der Waals surface area contributed by atoms with Crippen molar-refractivity contribution in [3.05, 3.63) is 23.8 Å². The van der Waals surface area contributed by atoms with Crippen LogP contribution in [0.25, 0.3) is 0 Å². The molecule has 1 aromatic rings. The molecule has 0 aromatic heterocycles. The van der Waals surface area contributed by atoms with E-state index in [4.69, 9.17) is 23.7 Å². The van der Waals surface area contributed by atoms with E-state index < -0.39 is 48.2 Å². The molecular weight excluding hydrogens is 438 g/mol. The molecule has 11 nitrogen and oxygen atoms in total. The van der Waals surface area contributed by atoms with E-state index in [-0.39, 0.29) is 17.9 Å². The highest BCUT2D eigenvalue weighted by molar-refractivity contribution is 5.80. The molecule has 0 saturated carbocycles. The van der Waals surface area contributed by atoms with E-state index in [1.807, 2.05) is 0 Å². The van der Waals surface area contributed by atoms with Gasteiger partial charge in [-0.1, -0.05) is 6.07 Å². The first-order chi connectivity index (χ1) is 15.2. The van der Waals surface area contributed by atoms with Gasteiger partial charge in [0.05, 0.1) is 12.2 Å². The summed E-state index contributed by atoms with van der Waals surface area (Å²) in [6, 6.07) is 2.71. The lowest BCUT2D eigenvalue weighted by Gasteiger charge is -2.22. The van der Waals surface area contributed by atoms with Crippen LogP contribution >= 0.6 is 0 Å². The van der Waals surface area contributed by atoms with Gasteiger partial charge in [-0.2, -0.15) is 0 Å². The van der Waals surface area contributed by atoms with E-state index in [9.17, 15) is 24.3 Å². The molecule has 184 valence electrons. The Bertz CT molecular complexity index is 857. The lowest BCUT2D eigenvalue weighted by atomic mass is 10.1. The predicted octanol–water partition coefficient (Wildman–Crippen LogP) is 4.05. The quantitative estimate of drug-likeness (QED) is 0.324. The van der Waals surface area contributed by atoms with Crippen molar-refractivity contribution in [1.82, 2.24) is 5.32 Å². The first-order valence-electron chi connectivity index (χ1n) is 10.3. The summed E-state index contributed by atoms with van der Waals surface area (Å²) in [6.07, 6.45) is -4.06. The zero-order valence-corrected chi connectivity index (χ0v) is 19.8. The maximum absolute atomic E-state index is 12.0. The SMILES string of the molecule is CC(C)OC(=O)Oc1ccc(C[C@H](NC(=O)OC(C)(C)C)C(=O)O)cc1OC(=O)OC(C)C. The summed E-state index contributed by atoms with van der Waals surface area (Å²) in [5, 5.41) is 11.8. The summed E-state index contributed by atoms with van der Waals surface area (Å²) in [7, 11) is 0. The molecule has 0 aliphatic carbocycles. The van der Waals surface area contributed by atoms with Crippen molar-refractivity contribution in [3.63, 3.8) is 0 Å². The van der Waals surface area contributed by atoms with Gasteiger partial charge in [0, 0.05) is 6.42 Å². The van der Waals surface area contributed by atoms with Crippen molar-refractivity contribution in [2.45, 2.75) is 78.7 Å². The molecule has 0 bridgehead atoms. The van der Waals surface area contributed by atoms with E-state index in [0.29, 0.717) is 5.56 Å². The molecule has 1 aromatic carbocycles. The summed E-state index contributed by atoms with van der Waals surface area (Å²) in [5.74, 6) is -1.64. The second-order valence-corrected chi connectivity index (χ2v) is 8.56. The van der Waals surface area contributed by atoms with Crippen molar-refractivity contribution in [2.24, 2.45) is 0 Å². The Kier molecular flexibility index (Phi) is 9.96. The number of rotatable bonds is 8. The largest absolute Gasteiger partial charge is 0.514 e. The Morgan fingerprint density at radius 3 is 1.88 bits per heavy atom. The molecule has 11 heteroatoms. The number of nitrogens with one attached hydrogen (secondary N) is 1. The number of hydrogen-bond acceptors (Lipinski definition) is 9. The van der Waals surface area contributed by atoms with Gasteiger partial charge in [-0.05, 0) is 66.2 Å². The minimum Gasteiger partial charge on any atom is -0.480 e. The molecule has 0 radical (unpaired) electrons. The van der Waals surface area contributed by atoms with Crippen molar-refractivity contribution in [2.75, 3.05) is 0 Å². The molecule has 2 N–H and O–H groups in total. The summed E-state index contributed by atoms with van der Waals surface area (Å²) < 4.78 is 25.2. The van der Waals surface area contributed by atoms with Crippen molar-refractivity contribution in [1.29, 1.82) is 0 Å². The number of aliphatic carboxylic acids is 1. The fourth-order valence-corrected chi connectivity index (χ4v) is 2.34. The summed E-state index contributed by atoms with van der Waals surface area (Å²) in [4.78, 5) is 47.5. The van der Waals surface area contributed by atoms with Crippen molar-refractivity contribution in [3.8, 4) is 11.5 Å². The summed E-state index contributed by atoms with van der Waals surface area (Å²) in [6.45, 7) is 11.4. The number of hydrogen-bond donors (Lipinski definition) is 2. The van der Waals surface area contributed by atoms with Crippen LogP contribution in [0.3, 0.4) is 0 Å². The number of carbonyl (C=O) groups excluding carboxylic acids is 3. The van der Waals surface area contributed by atoms with Crippen LogP contribution in [-0.2, 0) is 25.4 Å². The van der Waals surface area contributed by atoms with Gasteiger partial charge in [-0.15, -0.1) is 0 Å². The number of carboxylic acids is 1. The second kappa shape index (κ2) is 11.9. The molecule has 0 heterocycles. The van der Waals surface area contributed by atoms with Crippen molar-refractivity contribution < 1.29 is 48.0 Å². The maximum Gasteiger partial charge on any atom is 0.514 e. The van der Waals surface area contributed by atoms with E-state index in [1.54, 1.807) is 48.5 Å².